The molecule has 0 saturated carbocycles. The fourth-order valence-corrected chi connectivity index (χ4v) is 2.07. The number of carbonyl (C=O) groups is 2. The van der Waals surface area contributed by atoms with Crippen molar-refractivity contribution in [1.82, 2.24) is 35.1 Å². The second-order valence-electron chi connectivity index (χ2n) is 6.33. The number of hydrogen-bond donors (Lipinski definition) is 2. The molecule has 2 heterocycles. The van der Waals surface area contributed by atoms with Gasteiger partial charge in [-0.25, -0.2) is 19.3 Å². The van der Waals surface area contributed by atoms with Gasteiger partial charge in [-0.15, -0.1) is 5.10 Å². The Morgan fingerprint density at radius 2 is 2.08 bits per heavy atom. The third kappa shape index (κ3) is 4.99. The van der Waals surface area contributed by atoms with E-state index in [1.165, 1.54) is 11.0 Å². The third-order valence-electron chi connectivity index (χ3n) is 3.17. The predicted octanol–water partition coefficient (Wildman–Crippen LogP) is 0.220. The summed E-state index contributed by atoms with van der Waals surface area (Å²) in [5, 5.41) is 23.4. The highest BCUT2D eigenvalue weighted by Crippen LogP contribution is 2.09. The molecule has 0 spiro atoms. The highest BCUT2D eigenvalue weighted by molar-refractivity contribution is 5.86. The molecular formula is C14H21N7O4. The summed E-state index contributed by atoms with van der Waals surface area (Å²) in [5.74, 6) is -0.584. The van der Waals surface area contributed by atoms with E-state index in [4.69, 9.17) is 4.74 Å². The summed E-state index contributed by atoms with van der Waals surface area (Å²) >= 11 is 0. The minimum Gasteiger partial charge on any atom is -0.476 e. The number of nitrogens with one attached hydrogen (secondary N) is 1. The van der Waals surface area contributed by atoms with Crippen LogP contribution in [0.3, 0.4) is 0 Å². The van der Waals surface area contributed by atoms with Crippen LogP contribution in [0.5, 0.6) is 0 Å². The van der Waals surface area contributed by atoms with E-state index in [-0.39, 0.29) is 25.2 Å². The Morgan fingerprint density at radius 3 is 2.64 bits per heavy atom. The van der Waals surface area contributed by atoms with E-state index in [1.807, 2.05) is 0 Å². The molecule has 0 aliphatic rings. The molecule has 0 aliphatic heterocycles. The topological polar surface area (TPSA) is 137 Å². The van der Waals surface area contributed by atoms with Crippen LogP contribution in [0, 0.1) is 0 Å². The molecule has 0 aromatic carbocycles. The van der Waals surface area contributed by atoms with E-state index in [0.29, 0.717) is 11.5 Å². The summed E-state index contributed by atoms with van der Waals surface area (Å²) < 4.78 is 8.14. The molecule has 2 aromatic heterocycles. The molecule has 1 amide bonds. The molecule has 0 unspecified atom stereocenters. The quantitative estimate of drug-likeness (QED) is 0.754. The Labute approximate surface area is 144 Å². The van der Waals surface area contributed by atoms with Gasteiger partial charge in [-0.05, 0) is 20.8 Å². The molecule has 2 aromatic rings. The number of aromatic nitrogens is 6. The lowest BCUT2D eigenvalue weighted by Gasteiger charge is -2.19. The normalized spacial score (nSPS) is 11.4. The molecule has 2 N–H and O–H groups in total. The van der Waals surface area contributed by atoms with Gasteiger partial charge in [0, 0.05) is 20.0 Å². The Morgan fingerprint density at radius 1 is 1.36 bits per heavy atom. The molecule has 11 nitrogen and oxygen atoms in total. The summed E-state index contributed by atoms with van der Waals surface area (Å²) in [6.45, 7) is 5.68. The minimum atomic E-state index is -1.18. The number of hydrogen-bond acceptors (Lipinski definition) is 7. The summed E-state index contributed by atoms with van der Waals surface area (Å²) in [6, 6.07) is 0. The molecule has 11 heteroatoms. The standard InChI is InChI=1S/C14H21N7O4/c1-14(2,3)25-13(24)15-6-5-9-11(12(22)23)18-19-21(9)7-10-16-8-17-20(10)4/h8H,5-7H2,1-4H3,(H,15,24)(H,22,23). The van der Waals surface area contributed by atoms with Gasteiger partial charge in [0.1, 0.15) is 24.3 Å². The average molecular weight is 351 g/mol. The number of aryl methyl sites for hydroxylation is 1. The van der Waals surface area contributed by atoms with Crippen LogP contribution in [-0.4, -0.2) is 59.1 Å². The first-order valence-corrected chi connectivity index (χ1v) is 7.63. The van der Waals surface area contributed by atoms with Crippen molar-refractivity contribution in [1.29, 1.82) is 0 Å². The summed E-state index contributed by atoms with van der Waals surface area (Å²) in [7, 11) is 1.72. The van der Waals surface area contributed by atoms with Crippen molar-refractivity contribution >= 4 is 12.1 Å². The number of amides is 1. The number of alkyl carbamates (subject to hydrolysis) is 1. The summed E-state index contributed by atoms with van der Waals surface area (Å²) in [5.41, 5.74) is -0.384. The highest BCUT2D eigenvalue weighted by atomic mass is 16.6. The van der Waals surface area contributed by atoms with Gasteiger partial charge in [0.05, 0.1) is 5.69 Å². The molecule has 0 fully saturated rings. The minimum absolute atomic E-state index is 0.159. The van der Waals surface area contributed by atoms with E-state index >= 15 is 0 Å². The molecule has 0 aliphatic carbocycles. The average Bonchev–Trinajstić information content (AvgIpc) is 3.05. The molecule has 0 radical (unpaired) electrons. The first-order valence-electron chi connectivity index (χ1n) is 7.63. The van der Waals surface area contributed by atoms with Gasteiger partial charge in [-0.3, -0.25) is 4.68 Å². The van der Waals surface area contributed by atoms with Crippen LogP contribution in [-0.2, 0) is 24.8 Å². The first-order chi connectivity index (χ1) is 11.7. The van der Waals surface area contributed by atoms with Crippen molar-refractivity contribution in [2.24, 2.45) is 7.05 Å². The Kier molecular flexibility index (Phi) is 5.35. The molecule has 0 bridgehead atoms. The van der Waals surface area contributed by atoms with Gasteiger partial charge < -0.3 is 15.2 Å². The number of aromatic carboxylic acids is 1. The molecule has 0 atom stereocenters. The fraction of sp³-hybridized carbons (Fsp3) is 0.571. The largest absolute Gasteiger partial charge is 0.476 e. The van der Waals surface area contributed by atoms with E-state index in [1.54, 1.807) is 32.5 Å². The van der Waals surface area contributed by atoms with Crippen molar-refractivity contribution < 1.29 is 19.4 Å². The van der Waals surface area contributed by atoms with Crippen molar-refractivity contribution in [2.45, 2.75) is 39.3 Å². The first kappa shape index (κ1) is 18.4. The van der Waals surface area contributed by atoms with Gasteiger partial charge >= 0.3 is 12.1 Å². The molecule has 136 valence electrons. The summed E-state index contributed by atoms with van der Waals surface area (Å²) in [4.78, 5) is 27.1. The Hall–Kier alpha value is -2.98. The van der Waals surface area contributed by atoms with Crippen molar-refractivity contribution in [3.63, 3.8) is 0 Å². The van der Waals surface area contributed by atoms with Crippen LogP contribution in [0.15, 0.2) is 6.33 Å². The van der Waals surface area contributed by atoms with E-state index in [9.17, 15) is 14.7 Å². The summed E-state index contributed by atoms with van der Waals surface area (Å²) in [6.07, 6.45) is 1.05. The van der Waals surface area contributed by atoms with Crippen LogP contribution >= 0.6 is 0 Å². The van der Waals surface area contributed by atoms with E-state index in [2.05, 4.69) is 25.7 Å². The van der Waals surface area contributed by atoms with Crippen molar-refractivity contribution in [3.8, 4) is 0 Å². The van der Waals surface area contributed by atoms with Crippen LogP contribution in [0.1, 0.15) is 42.8 Å². The van der Waals surface area contributed by atoms with Gasteiger partial charge in [0.25, 0.3) is 0 Å². The zero-order valence-electron chi connectivity index (χ0n) is 14.6. The lowest BCUT2D eigenvalue weighted by Crippen LogP contribution is -2.34. The second kappa shape index (κ2) is 7.28. The number of carbonyl (C=O) groups excluding carboxylic acids is 1. The SMILES string of the molecule is Cn1ncnc1Cn1nnc(C(=O)O)c1CCNC(=O)OC(C)(C)C. The second-order valence-corrected chi connectivity index (χ2v) is 6.33. The van der Waals surface area contributed by atoms with Gasteiger partial charge in [0.2, 0.25) is 0 Å². The van der Waals surface area contributed by atoms with Gasteiger partial charge in [-0.1, -0.05) is 5.21 Å². The smallest absolute Gasteiger partial charge is 0.407 e. The van der Waals surface area contributed by atoms with Crippen LogP contribution in [0.25, 0.3) is 0 Å². The monoisotopic (exact) mass is 351 g/mol. The maximum Gasteiger partial charge on any atom is 0.407 e. The number of rotatable bonds is 6. The van der Waals surface area contributed by atoms with Crippen LogP contribution in [0.2, 0.25) is 0 Å². The zero-order chi connectivity index (χ0) is 18.6. The van der Waals surface area contributed by atoms with Crippen LogP contribution < -0.4 is 5.32 Å². The fourth-order valence-electron chi connectivity index (χ4n) is 2.07. The van der Waals surface area contributed by atoms with Gasteiger partial charge in [0.15, 0.2) is 5.69 Å². The van der Waals surface area contributed by atoms with Crippen LogP contribution in [0.4, 0.5) is 4.79 Å². The predicted molar refractivity (Wildman–Crippen MR) is 85.0 cm³/mol. The molecule has 2 rings (SSSR count). The molecular weight excluding hydrogens is 330 g/mol. The van der Waals surface area contributed by atoms with Crippen molar-refractivity contribution in [2.75, 3.05) is 6.54 Å². The van der Waals surface area contributed by atoms with E-state index < -0.39 is 17.7 Å². The van der Waals surface area contributed by atoms with Gasteiger partial charge in [-0.2, -0.15) is 5.10 Å². The number of carboxylic acids is 1. The number of ether oxygens (including phenoxy) is 1. The van der Waals surface area contributed by atoms with Crippen molar-refractivity contribution in [3.05, 3.63) is 23.5 Å². The maximum atomic E-state index is 11.7. The zero-order valence-corrected chi connectivity index (χ0v) is 14.6. The third-order valence-corrected chi connectivity index (χ3v) is 3.17. The Bertz CT molecular complexity index is 760. The van der Waals surface area contributed by atoms with E-state index in [0.717, 1.165) is 0 Å². The molecule has 25 heavy (non-hydrogen) atoms. The molecule has 0 saturated heterocycles. The number of carboxylic acid groups (broad SMARTS) is 1. The maximum absolute atomic E-state index is 11.7. The lowest BCUT2D eigenvalue weighted by molar-refractivity contribution is 0.0528. The Balaban J connectivity index is 2.07. The highest BCUT2D eigenvalue weighted by Gasteiger charge is 2.21. The lowest BCUT2D eigenvalue weighted by atomic mass is 10.2. The number of nitrogens with zero attached hydrogens (tertiary/aromatic N) is 6.